The Kier molecular flexibility index (Phi) is 1.50. The minimum atomic E-state index is 0.993. The van der Waals surface area contributed by atoms with Crippen LogP contribution in [-0.2, 0) is 0 Å². The molecular weight excluding hydrogens is 152 g/mol. The van der Waals surface area contributed by atoms with Crippen molar-refractivity contribution in [1.29, 1.82) is 0 Å². The summed E-state index contributed by atoms with van der Waals surface area (Å²) in [5.41, 5.74) is 2.00. The zero-order chi connectivity index (χ0) is 8.55. The minimum absolute atomic E-state index is 0.993. The van der Waals surface area contributed by atoms with Crippen molar-refractivity contribution in [2.45, 2.75) is 6.92 Å². The van der Waals surface area contributed by atoms with E-state index in [1.807, 2.05) is 31.2 Å². The van der Waals surface area contributed by atoms with Gasteiger partial charge in [0.05, 0.1) is 5.69 Å². The largest absolute Gasteiger partial charge is 0.399 e. The van der Waals surface area contributed by atoms with E-state index in [9.17, 15) is 0 Å². The van der Waals surface area contributed by atoms with Crippen LogP contribution in [0.2, 0.25) is 0 Å². The number of fused-ring (bicyclic) bond motifs is 1. The van der Waals surface area contributed by atoms with Gasteiger partial charge in [0.2, 0.25) is 0 Å². The van der Waals surface area contributed by atoms with Gasteiger partial charge in [-0.25, -0.2) is 0 Å². The van der Waals surface area contributed by atoms with E-state index in [1.54, 1.807) is 7.11 Å². The summed E-state index contributed by atoms with van der Waals surface area (Å²) < 4.78 is 0. The molecule has 0 N–H and O–H groups in total. The smallest absolute Gasteiger partial charge is 0.110 e. The Labute approximate surface area is 70.5 Å². The summed E-state index contributed by atoms with van der Waals surface area (Å²) in [6.07, 6.45) is 0. The van der Waals surface area contributed by atoms with Crippen LogP contribution in [0.3, 0.4) is 0 Å². The fraction of sp³-hybridized carbons (Fsp3) is 0.222. The van der Waals surface area contributed by atoms with Crippen LogP contribution < -0.4 is 4.84 Å². The lowest BCUT2D eigenvalue weighted by atomic mass is 10.2. The number of aryl methyl sites for hydroxylation is 1. The van der Waals surface area contributed by atoms with Gasteiger partial charge in [0.1, 0.15) is 12.6 Å². The predicted molar refractivity (Wildman–Crippen MR) is 47.0 cm³/mol. The fourth-order valence-corrected chi connectivity index (χ4v) is 1.33. The van der Waals surface area contributed by atoms with Crippen molar-refractivity contribution in [2.75, 3.05) is 7.11 Å². The molecule has 12 heavy (non-hydrogen) atoms. The van der Waals surface area contributed by atoms with Gasteiger partial charge in [-0.2, -0.15) is 0 Å². The van der Waals surface area contributed by atoms with Gasteiger partial charge in [0.15, 0.2) is 0 Å². The number of hydrogen-bond donors (Lipinski definition) is 0. The maximum absolute atomic E-state index is 5.05. The van der Waals surface area contributed by atoms with Gasteiger partial charge in [-0.15, -0.1) is 5.10 Å². The van der Waals surface area contributed by atoms with Gasteiger partial charge < -0.3 is 4.84 Å². The topological polar surface area (TPSA) is 27.1 Å². The number of nitrogens with zero attached hydrogens (tertiary/aromatic N) is 2. The lowest BCUT2D eigenvalue weighted by molar-refractivity contribution is 0.144. The third-order valence-corrected chi connectivity index (χ3v) is 1.91. The first kappa shape index (κ1) is 7.16. The van der Waals surface area contributed by atoms with E-state index in [2.05, 4.69) is 5.10 Å². The number of rotatable bonds is 1. The molecule has 0 amide bonds. The van der Waals surface area contributed by atoms with Gasteiger partial charge in [0.25, 0.3) is 0 Å². The maximum atomic E-state index is 5.05. The maximum Gasteiger partial charge on any atom is 0.110 e. The first-order valence-corrected chi connectivity index (χ1v) is 3.82. The number of aromatic nitrogens is 2. The van der Waals surface area contributed by atoms with Crippen LogP contribution >= 0.6 is 0 Å². The molecular formula is C9H10N2O. The van der Waals surface area contributed by atoms with Crippen molar-refractivity contribution in [3.8, 4) is 0 Å². The number of para-hydroxylation sites is 1. The zero-order valence-corrected chi connectivity index (χ0v) is 7.11. The average Bonchev–Trinajstić information content (AvgIpc) is 2.44. The fourth-order valence-electron chi connectivity index (χ4n) is 1.33. The molecule has 1 aromatic carbocycles. The SMILES string of the molecule is COn1nc(C)c2ccccc21. The summed E-state index contributed by atoms with van der Waals surface area (Å²) in [5, 5.41) is 5.34. The molecule has 2 rings (SSSR count). The summed E-state index contributed by atoms with van der Waals surface area (Å²) >= 11 is 0. The van der Waals surface area contributed by atoms with Crippen molar-refractivity contribution in [3.05, 3.63) is 30.0 Å². The van der Waals surface area contributed by atoms with Gasteiger partial charge in [-0.1, -0.05) is 23.0 Å². The van der Waals surface area contributed by atoms with E-state index in [1.165, 1.54) is 4.85 Å². The molecule has 1 aromatic heterocycles. The van der Waals surface area contributed by atoms with Gasteiger partial charge in [-0.05, 0) is 13.0 Å². The molecule has 1 heterocycles. The summed E-state index contributed by atoms with van der Waals surface area (Å²) in [6, 6.07) is 7.99. The Balaban J connectivity index is 2.82. The van der Waals surface area contributed by atoms with Crippen molar-refractivity contribution in [3.63, 3.8) is 0 Å². The minimum Gasteiger partial charge on any atom is -0.399 e. The molecule has 0 saturated heterocycles. The molecule has 0 aliphatic heterocycles. The molecule has 62 valence electrons. The monoisotopic (exact) mass is 162 g/mol. The van der Waals surface area contributed by atoms with Crippen molar-refractivity contribution in [1.82, 2.24) is 9.94 Å². The van der Waals surface area contributed by atoms with Crippen LogP contribution in [0.25, 0.3) is 10.9 Å². The highest BCUT2D eigenvalue weighted by molar-refractivity contribution is 5.81. The lowest BCUT2D eigenvalue weighted by Crippen LogP contribution is -2.06. The highest BCUT2D eigenvalue weighted by Gasteiger charge is 2.04. The zero-order valence-electron chi connectivity index (χ0n) is 7.11. The molecule has 3 nitrogen and oxygen atoms in total. The Hall–Kier alpha value is -1.51. The molecule has 3 heteroatoms. The highest BCUT2D eigenvalue weighted by atomic mass is 16.7. The molecule has 0 radical (unpaired) electrons. The predicted octanol–water partition coefficient (Wildman–Crippen LogP) is 1.40. The molecule has 0 bridgehead atoms. The Morgan fingerprint density at radius 1 is 1.33 bits per heavy atom. The first-order chi connectivity index (χ1) is 5.83. The molecule has 0 saturated carbocycles. The third-order valence-electron chi connectivity index (χ3n) is 1.91. The molecule has 0 aliphatic rings. The Morgan fingerprint density at radius 2 is 2.08 bits per heavy atom. The second-order valence-electron chi connectivity index (χ2n) is 2.66. The number of benzene rings is 1. The van der Waals surface area contributed by atoms with E-state index in [0.717, 1.165) is 16.6 Å². The second kappa shape index (κ2) is 2.52. The van der Waals surface area contributed by atoms with Crippen LogP contribution in [-0.4, -0.2) is 17.1 Å². The van der Waals surface area contributed by atoms with Crippen LogP contribution in [0.5, 0.6) is 0 Å². The van der Waals surface area contributed by atoms with Gasteiger partial charge in [0, 0.05) is 5.39 Å². The first-order valence-electron chi connectivity index (χ1n) is 3.82. The summed E-state index contributed by atoms with van der Waals surface area (Å²) in [7, 11) is 1.61. The highest BCUT2D eigenvalue weighted by Crippen LogP contribution is 2.15. The average molecular weight is 162 g/mol. The molecule has 2 aromatic rings. The molecule has 0 atom stereocenters. The Bertz CT molecular complexity index is 406. The number of hydrogen-bond acceptors (Lipinski definition) is 2. The summed E-state index contributed by atoms with van der Waals surface area (Å²) in [6.45, 7) is 1.97. The molecule has 0 aliphatic carbocycles. The standard InChI is InChI=1S/C9H10N2O/c1-7-8-5-3-4-6-9(8)11(10-7)12-2/h3-6H,1-2H3. The molecule has 0 spiro atoms. The summed E-state index contributed by atoms with van der Waals surface area (Å²) in [5.74, 6) is 0. The van der Waals surface area contributed by atoms with E-state index in [-0.39, 0.29) is 0 Å². The van der Waals surface area contributed by atoms with E-state index in [0.29, 0.717) is 0 Å². The Morgan fingerprint density at radius 3 is 2.83 bits per heavy atom. The molecule has 0 fully saturated rings. The van der Waals surface area contributed by atoms with E-state index < -0.39 is 0 Å². The quantitative estimate of drug-likeness (QED) is 0.633. The van der Waals surface area contributed by atoms with Crippen molar-refractivity contribution in [2.24, 2.45) is 0 Å². The third kappa shape index (κ3) is 0.863. The lowest BCUT2D eigenvalue weighted by Gasteiger charge is -1.97. The molecule has 0 unspecified atom stereocenters. The van der Waals surface area contributed by atoms with Crippen molar-refractivity contribution < 1.29 is 4.84 Å². The normalized spacial score (nSPS) is 10.5. The van der Waals surface area contributed by atoms with Gasteiger partial charge >= 0.3 is 0 Å². The van der Waals surface area contributed by atoms with Crippen LogP contribution in [0.1, 0.15) is 5.69 Å². The van der Waals surface area contributed by atoms with E-state index in [4.69, 9.17) is 4.84 Å². The van der Waals surface area contributed by atoms with E-state index >= 15 is 0 Å². The second-order valence-corrected chi connectivity index (χ2v) is 2.66. The van der Waals surface area contributed by atoms with Crippen LogP contribution in [0.4, 0.5) is 0 Å². The van der Waals surface area contributed by atoms with Crippen LogP contribution in [0.15, 0.2) is 24.3 Å². The summed E-state index contributed by atoms with van der Waals surface area (Å²) in [4.78, 5) is 6.59. The van der Waals surface area contributed by atoms with Gasteiger partial charge in [-0.3, -0.25) is 0 Å². The van der Waals surface area contributed by atoms with Crippen LogP contribution in [0, 0.1) is 6.92 Å². The van der Waals surface area contributed by atoms with Crippen molar-refractivity contribution >= 4 is 10.9 Å².